The lowest BCUT2D eigenvalue weighted by Gasteiger charge is -1.98. The third-order valence-corrected chi connectivity index (χ3v) is 2.52. The van der Waals surface area contributed by atoms with E-state index in [1.165, 1.54) is 6.07 Å². The molecular formula is C12H13NO3. The zero-order valence-electron chi connectivity index (χ0n) is 9.20. The third kappa shape index (κ3) is 1.52. The fourth-order valence-corrected chi connectivity index (χ4v) is 1.76. The zero-order valence-corrected chi connectivity index (χ0v) is 9.20. The molecule has 1 heterocycles. The molecule has 0 aliphatic carbocycles. The largest absolute Gasteiger partial charge is 0.508 e. The fraction of sp³-hybridized carbons (Fsp3) is 0.250. The van der Waals surface area contributed by atoms with E-state index < -0.39 is 0 Å². The summed E-state index contributed by atoms with van der Waals surface area (Å²) in [6.07, 6.45) is 0.637. The highest BCUT2D eigenvalue weighted by Crippen LogP contribution is 2.29. The lowest BCUT2D eigenvalue weighted by atomic mass is 10.1. The second-order valence-electron chi connectivity index (χ2n) is 3.51. The second-order valence-corrected chi connectivity index (χ2v) is 3.51. The Hall–Kier alpha value is -1.97. The lowest BCUT2D eigenvalue weighted by molar-refractivity contribution is 0.0962. The smallest absolute Gasteiger partial charge is 0.255 e. The summed E-state index contributed by atoms with van der Waals surface area (Å²) in [4.78, 5) is 11.7. The van der Waals surface area contributed by atoms with Gasteiger partial charge in [0.15, 0.2) is 0 Å². The number of phenolic OH excluding ortho intramolecular Hbond substituents is 1. The normalized spacial score (nSPS) is 10.6. The summed E-state index contributed by atoms with van der Waals surface area (Å²) >= 11 is 0. The number of rotatable bonds is 2. The summed E-state index contributed by atoms with van der Waals surface area (Å²) < 4.78 is 5.53. The van der Waals surface area contributed by atoms with Gasteiger partial charge in [0.25, 0.3) is 5.91 Å². The van der Waals surface area contributed by atoms with Crippen LogP contribution in [0.5, 0.6) is 5.75 Å². The Morgan fingerprint density at radius 3 is 2.94 bits per heavy atom. The molecule has 1 amide bonds. The lowest BCUT2D eigenvalue weighted by Crippen LogP contribution is -2.18. The van der Waals surface area contributed by atoms with Gasteiger partial charge < -0.3 is 14.8 Å². The van der Waals surface area contributed by atoms with Crippen molar-refractivity contribution in [2.75, 3.05) is 7.05 Å². The summed E-state index contributed by atoms with van der Waals surface area (Å²) in [6, 6.07) is 4.75. The molecule has 2 aromatic rings. The van der Waals surface area contributed by atoms with Crippen LogP contribution in [0.2, 0.25) is 0 Å². The molecule has 4 heteroatoms. The minimum absolute atomic E-state index is 0.132. The van der Waals surface area contributed by atoms with E-state index in [4.69, 9.17) is 4.42 Å². The minimum Gasteiger partial charge on any atom is -0.508 e. The molecule has 1 aromatic carbocycles. The van der Waals surface area contributed by atoms with E-state index in [2.05, 4.69) is 5.32 Å². The van der Waals surface area contributed by atoms with Crippen molar-refractivity contribution in [3.05, 3.63) is 29.5 Å². The van der Waals surface area contributed by atoms with E-state index in [1.54, 1.807) is 19.2 Å². The van der Waals surface area contributed by atoms with Crippen LogP contribution < -0.4 is 5.32 Å². The van der Waals surface area contributed by atoms with E-state index in [0.717, 1.165) is 5.39 Å². The number of carbonyl (C=O) groups is 1. The summed E-state index contributed by atoms with van der Waals surface area (Å²) in [5.41, 5.74) is 1.09. The standard InChI is InChI=1S/C12H13NO3/c1-3-9-11(12(15)13-2)8-5-4-7(14)6-10(8)16-9/h4-6,14H,3H2,1-2H3,(H,13,15)/i2+2. The molecule has 0 bridgehead atoms. The Morgan fingerprint density at radius 1 is 1.56 bits per heavy atom. The molecule has 16 heavy (non-hydrogen) atoms. The van der Waals surface area contributed by atoms with Gasteiger partial charge in [0.2, 0.25) is 0 Å². The average molecular weight is 221 g/mol. The van der Waals surface area contributed by atoms with Crippen LogP contribution in [0.3, 0.4) is 0 Å². The minimum atomic E-state index is -0.165. The zero-order chi connectivity index (χ0) is 11.7. The first-order chi connectivity index (χ1) is 7.67. The number of benzene rings is 1. The van der Waals surface area contributed by atoms with E-state index in [0.29, 0.717) is 23.3 Å². The third-order valence-electron chi connectivity index (χ3n) is 2.52. The predicted molar refractivity (Wildman–Crippen MR) is 60.6 cm³/mol. The number of hydrogen-bond donors (Lipinski definition) is 2. The van der Waals surface area contributed by atoms with Crippen LogP contribution in [-0.4, -0.2) is 18.1 Å². The van der Waals surface area contributed by atoms with Crippen LogP contribution in [0.15, 0.2) is 22.6 Å². The van der Waals surface area contributed by atoms with Crippen LogP contribution in [-0.2, 0) is 6.42 Å². The van der Waals surface area contributed by atoms with E-state index in [-0.39, 0.29) is 11.7 Å². The number of hydrogen-bond acceptors (Lipinski definition) is 3. The highest BCUT2D eigenvalue weighted by atomic mass is 16.3. The first-order valence-electron chi connectivity index (χ1n) is 5.13. The molecule has 0 aliphatic heterocycles. The number of furan rings is 1. The monoisotopic (exact) mass is 221 g/mol. The summed E-state index contributed by atoms with van der Waals surface area (Å²) in [6.45, 7) is 1.92. The summed E-state index contributed by atoms with van der Waals surface area (Å²) in [5, 5.41) is 12.7. The number of fused-ring (bicyclic) bond motifs is 1. The number of aryl methyl sites for hydroxylation is 1. The molecule has 2 N–H and O–H groups in total. The molecule has 0 spiro atoms. The average Bonchev–Trinajstić information content (AvgIpc) is 2.65. The van der Waals surface area contributed by atoms with E-state index >= 15 is 0 Å². The van der Waals surface area contributed by atoms with E-state index in [1.807, 2.05) is 6.92 Å². The first kappa shape index (κ1) is 10.5. The molecule has 2 rings (SSSR count). The fourth-order valence-electron chi connectivity index (χ4n) is 1.76. The number of nitrogens with one attached hydrogen (secondary N) is 1. The Kier molecular flexibility index (Phi) is 2.56. The molecule has 0 atom stereocenters. The van der Waals surface area contributed by atoms with Crippen molar-refractivity contribution in [3.63, 3.8) is 0 Å². The van der Waals surface area contributed by atoms with Gasteiger partial charge in [-0.1, -0.05) is 6.92 Å². The quantitative estimate of drug-likeness (QED) is 0.815. The number of carbonyl (C=O) groups excluding carboxylic acids is 1. The van der Waals surface area contributed by atoms with Crippen LogP contribution in [0.1, 0.15) is 23.0 Å². The maximum Gasteiger partial charge on any atom is 0.255 e. The molecule has 0 aliphatic rings. The summed E-state index contributed by atoms with van der Waals surface area (Å²) in [5.74, 6) is 0.605. The van der Waals surface area contributed by atoms with Crippen molar-refractivity contribution in [3.8, 4) is 5.75 Å². The Balaban J connectivity index is 2.73. The topological polar surface area (TPSA) is 62.5 Å². The molecule has 0 unspecified atom stereocenters. The molecular weight excluding hydrogens is 208 g/mol. The maximum absolute atomic E-state index is 11.7. The van der Waals surface area contributed by atoms with Crippen molar-refractivity contribution in [2.45, 2.75) is 13.3 Å². The number of aromatic hydroxyl groups is 1. The van der Waals surface area contributed by atoms with Crippen molar-refractivity contribution >= 4 is 16.9 Å². The van der Waals surface area contributed by atoms with Crippen molar-refractivity contribution in [1.82, 2.24) is 5.32 Å². The van der Waals surface area contributed by atoms with Gasteiger partial charge >= 0.3 is 0 Å². The Bertz CT molecular complexity index is 542. The van der Waals surface area contributed by atoms with Crippen LogP contribution in [0.25, 0.3) is 11.0 Å². The predicted octanol–water partition coefficient (Wildman–Crippen LogP) is 2.06. The first-order valence-corrected chi connectivity index (χ1v) is 5.13. The van der Waals surface area contributed by atoms with Crippen molar-refractivity contribution < 1.29 is 14.3 Å². The molecule has 4 nitrogen and oxygen atoms in total. The number of amides is 1. The van der Waals surface area contributed by atoms with Gasteiger partial charge in [-0.05, 0) is 12.1 Å². The van der Waals surface area contributed by atoms with Gasteiger partial charge in [-0.3, -0.25) is 4.79 Å². The van der Waals surface area contributed by atoms with Crippen molar-refractivity contribution in [1.29, 1.82) is 0 Å². The highest BCUT2D eigenvalue weighted by Gasteiger charge is 2.18. The molecule has 0 saturated carbocycles. The van der Waals surface area contributed by atoms with Gasteiger partial charge in [-0.25, -0.2) is 0 Å². The van der Waals surface area contributed by atoms with Gasteiger partial charge in [0.1, 0.15) is 17.1 Å². The van der Waals surface area contributed by atoms with Gasteiger partial charge in [-0.15, -0.1) is 0 Å². The molecule has 1 aromatic heterocycles. The summed E-state index contributed by atoms with van der Waals surface area (Å²) in [7, 11) is 1.58. The molecule has 0 radical (unpaired) electrons. The maximum atomic E-state index is 11.7. The Labute approximate surface area is 92.9 Å². The van der Waals surface area contributed by atoms with Crippen LogP contribution >= 0.6 is 0 Å². The van der Waals surface area contributed by atoms with Crippen LogP contribution in [0, 0.1) is 0 Å². The SMILES string of the molecule is CCc1oc2cc(O)ccc2c1C(=O)N[14CH3]. The van der Waals surface area contributed by atoms with Crippen LogP contribution in [0.4, 0.5) is 0 Å². The van der Waals surface area contributed by atoms with Gasteiger partial charge in [0.05, 0.1) is 5.56 Å². The molecule has 0 saturated heterocycles. The molecule has 84 valence electrons. The highest BCUT2D eigenvalue weighted by molar-refractivity contribution is 6.07. The van der Waals surface area contributed by atoms with Crippen molar-refractivity contribution in [2.24, 2.45) is 0 Å². The second kappa shape index (κ2) is 3.89. The van der Waals surface area contributed by atoms with Gasteiger partial charge in [0, 0.05) is 24.9 Å². The number of phenols is 1. The molecule has 0 fully saturated rings. The van der Waals surface area contributed by atoms with E-state index in [9.17, 15) is 9.90 Å². The van der Waals surface area contributed by atoms with Gasteiger partial charge in [-0.2, -0.15) is 0 Å². The Morgan fingerprint density at radius 2 is 2.31 bits per heavy atom.